The van der Waals surface area contributed by atoms with Crippen LogP contribution in [0.4, 0.5) is 8.78 Å². The van der Waals surface area contributed by atoms with Crippen LogP contribution in [-0.2, 0) is 0 Å². The molecule has 2 rings (SSSR count). The molecule has 0 saturated carbocycles. The van der Waals surface area contributed by atoms with Gasteiger partial charge >= 0.3 is 18.9 Å². The summed E-state index contributed by atoms with van der Waals surface area (Å²) in [5, 5.41) is 1.09. The second kappa shape index (κ2) is 6.16. The Balaban J connectivity index is 0.00000128. The van der Waals surface area contributed by atoms with E-state index in [1.54, 1.807) is 36.4 Å². The van der Waals surface area contributed by atoms with E-state index in [4.69, 9.17) is 0 Å². The fourth-order valence-electron chi connectivity index (χ4n) is 1.27. The van der Waals surface area contributed by atoms with Gasteiger partial charge in [0.1, 0.15) is 11.6 Å². The zero-order chi connectivity index (χ0) is 10.7. The first-order valence-corrected chi connectivity index (χ1v) is 5.53. The van der Waals surface area contributed by atoms with Gasteiger partial charge < -0.3 is 1.43 Å². The van der Waals surface area contributed by atoms with E-state index in [0.29, 0.717) is 10.6 Å². The van der Waals surface area contributed by atoms with Crippen molar-refractivity contribution in [1.82, 2.24) is 0 Å². The van der Waals surface area contributed by atoms with Crippen LogP contribution in [0.15, 0.2) is 48.5 Å². The summed E-state index contributed by atoms with van der Waals surface area (Å²) in [7, 11) is 0.0244. The van der Waals surface area contributed by atoms with E-state index in [-0.39, 0.29) is 40.5 Å². The number of hydrogen-bond donors (Lipinski definition) is 0. The molecule has 2 aromatic rings. The first kappa shape index (κ1) is 13.4. The van der Waals surface area contributed by atoms with E-state index in [1.165, 1.54) is 12.1 Å². The van der Waals surface area contributed by atoms with Crippen molar-refractivity contribution < 1.29 is 29.1 Å². The Hall–Kier alpha value is -0.673. The molecule has 0 fully saturated rings. The van der Waals surface area contributed by atoms with Crippen LogP contribution in [0.5, 0.6) is 0 Å². The molecule has 2 aromatic carbocycles. The summed E-state index contributed by atoms with van der Waals surface area (Å²) in [6.45, 7) is 0. The summed E-state index contributed by atoms with van der Waals surface area (Å²) in [5.74, 6) is -0.557. The minimum Gasteiger partial charge on any atom is -1.00 e. The zero-order valence-electron chi connectivity index (χ0n) is 9.87. The van der Waals surface area contributed by atoms with Gasteiger partial charge in [0.05, 0.1) is 0 Å². The molecule has 0 aliphatic rings. The minimum absolute atomic E-state index is 0. The van der Waals surface area contributed by atoms with Crippen LogP contribution < -0.4 is 29.5 Å². The first-order chi connectivity index (χ1) is 7.27. The molecule has 16 heavy (non-hydrogen) atoms. The number of benzene rings is 2. The van der Waals surface area contributed by atoms with Gasteiger partial charge in [0.2, 0.25) is 0 Å². The normalized spacial score (nSPS) is 9.62. The Morgan fingerprint density at radius 1 is 0.750 bits per heavy atom. The van der Waals surface area contributed by atoms with Gasteiger partial charge in [-0.2, -0.15) is 0 Å². The molecule has 0 amide bonds. The Bertz CT molecular complexity index is 436. The molecule has 0 atom stereocenters. The molecule has 0 aromatic heterocycles. The monoisotopic (exact) mass is 230 g/mol. The molecule has 0 radical (unpaired) electrons. The van der Waals surface area contributed by atoms with Crippen molar-refractivity contribution in [2.45, 2.75) is 0 Å². The van der Waals surface area contributed by atoms with Gasteiger partial charge in [0.15, 0.2) is 0 Å². The molecule has 0 N–H and O–H groups in total. The summed E-state index contributed by atoms with van der Waals surface area (Å²) in [6, 6.07) is 12.9. The smallest absolute Gasteiger partial charge is 1.00 e. The summed E-state index contributed by atoms with van der Waals surface area (Å²) < 4.78 is 26.6. The Morgan fingerprint density at radius 2 is 1.12 bits per heavy atom. The van der Waals surface area contributed by atoms with E-state index in [2.05, 4.69) is 0 Å². The largest absolute Gasteiger partial charge is 1.00 e. The van der Waals surface area contributed by atoms with Crippen molar-refractivity contribution in [3.05, 3.63) is 60.2 Å². The summed E-state index contributed by atoms with van der Waals surface area (Å²) in [4.78, 5) is 0. The third-order valence-electron chi connectivity index (χ3n) is 2.02. The second-order valence-corrected chi connectivity index (χ2v) is 4.41. The Morgan fingerprint density at radius 3 is 1.50 bits per heavy atom. The number of halogens is 2. The summed E-state index contributed by atoms with van der Waals surface area (Å²) in [5.41, 5.74) is 0. The molecular formula is C12H10F2LiP. The van der Waals surface area contributed by atoms with Gasteiger partial charge in [-0.25, -0.2) is 8.78 Å². The average Bonchev–Trinajstić information content (AvgIpc) is 2.24. The fourth-order valence-corrected chi connectivity index (χ4v) is 2.33. The van der Waals surface area contributed by atoms with Crippen LogP contribution in [0, 0.1) is 11.6 Å². The Labute approximate surface area is 109 Å². The third kappa shape index (κ3) is 3.16. The van der Waals surface area contributed by atoms with Crippen molar-refractivity contribution in [3.63, 3.8) is 0 Å². The van der Waals surface area contributed by atoms with Gasteiger partial charge in [-0.3, -0.25) is 0 Å². The molecule has 0 aliphatic carbocycles. The van der Waals surface area contributed by atoms with E-state index >= 15 is 0 Å². The summed E-state index contributed by atoms with van der Waals surface area (Å²) in [6.07, 6.45) is 0. The maximum atomic E-state index is 13.3. The second-order valence-electron chi connectivity index (χ2n) is 3.08. The topological polar surface area (TPSA) is 0 Å². The molecule has 4 heteroatoms. The van der Waals surface area contributed by atoms with Crippen LogP contribution in [0.25, 0.3) is 0 Å². The van der Waals surface area contributed by atoms with Crippen LogP contribution in [0.3, 0.4) is 0 Å². The maximum absolute atomic E-state index is 13.3. The van der Waals surface area contributed by atoms with Gasteiger partial charge in [-0.1, -0.05) is 45.0 Å². The first-order valence-electron chi connectivity index (χ1n) is 4.53. The molecule has 0 spiro atoms. The van der Waals surface area contributed by atoms with Crippen molar-refractivity contribution in [2.24, 2.45) is 0 Å². The number of hydrogen-bond acceptors (Lipinski definition) is 0. The molecule has 0 saturated heterocycles. The van der Waals surface area contributed by atoms with Crippen molar-refractivity contribution in [1.29, 1.82) is 0 Å². The molecule has 0 aliphatic heterocycles. The molecular weight excluding hydrogens is 220 g/mol. The molecule has 0 bridgehead atoms. The van der Waals surface area contributed by atoms with E-state index in [9.17, 15) is 8.78 Å². The van der Waals surface area contributed by atoms with Crippen LogP contribution in [0.2, 0.25) is 0 Å². The van der Waals surface area contributed by atoms with Crippen LogP contribution in [0.1, 0.15) is 1.43 Å². The molecule has 0 heterocycles. The van der Waals surface area contributed by atoms with Crippen molar-refractivity contribution in [3.8, 4) is 0 Å². The van der Waals surface area contributed by atoms with E-state index in [1.807, 2.05) is 0 Å². The quantitative estimate of drug-likeness (QED) is 0.491. The third-order valence-corrected chi connectivity index (χ3v) is 3.37. The van der Waals surface area contributed by atoms with Gasteiger partial charge in [-0.05, 0) is 12.1 Å². The summed E-state index contributed by atoms with van der Waals surface area (Å²) >= 11 is 0. The minimum atomic E-state index is -0.279. The van der Waals surface area contributed by atoms with Gasteiger partial charge in [0.25, 0.3) is 0 Å². The van der Waals surface area contributed by atoms with Crippen LogP contribution >= 0.6 is 8.58 Å². The Kier molecular flexibility index (Phi) is 5.16. The van der Waals surface area contributed by atoms with Crippen molar-refractivity contribution >= 4 is 19.2 Å². The molecule has 78 valence electrons. The van der Waals surface area contributed by atoms with E-state index in [0.717, 1.165) is 0 Å². The fraction of sp³-hybridized carbons (Fsp3) is 0. The predicted octanol–water partition coefficient (Wildman–Crippen LogP) is -0.289. The average molecular weight is 230 g/mol. The van der Waals surface area contributed by atoms with Crippen LogP contribution in [-0.4, -0.2) is 0 Å². The van der Waals surface area contributed by atoms with Gasteiger partial charge in [-0.15, -0.1) is 0 Å². The predicted molar refractivity (Wildman–Crippen MR) is 61.5 cm³/mol. The van der Waals surface area contributed by atoms with E-state index < -0.39 is 0 Å². The maximum Gasteiger partial charge on any atom is 1.00 e. The number of rotatable bonds is 2. The SMILES string of the molecule is Fc1ccccc1Pc1ccccc1F.[H-].[Li+]. The van der Waals surface area contributed by atoms with Gasteiger partial charge in [0, 0.05) is 10.6 Å². The van der Waals surface area contributed by atoms with Crippen molar-refractivity contribution in [2.75, 3.05) is 0 Å². The molecule has 0 nitrogen and oxygen atoms in total. The molecule has 0 unspecified atom stereocenters. The zero-order valence-corrected chi connectivity index (χ0v) is 9.87. The standard InChI is InChI=1S/C12H9F2P.Li.H/c13-9-5-1-3-7-11(9)15-12-8-4-2-6-10(12)14;;/h1-8,15H;;/q;+1;-1.